The fraction of sp³-hybridized carbons (Fsp3) is 0.120. The molecule has 2 aliphatic rings. The summed E-state index contributed by atoms with van der Waals surface area (Å²) in [7, 11) is 0. The highest BCUT2D eigenvalue weighted by atomic mass is 32.2. The summed E-state index contributed by atoms with van der Waals surface area (Å²) in [5.41, 5.74) is 4.30. The molecule has 1 N–H and O–H groups in total. The van der Waals surface area contributed by atoms with E-state index in [-0.39, 0.29) is 18.0 Å². The van der Waals surface area contributed by atoms with E-state index < -0.39 is 5.91 Å². The molecule has 0 unspecified atom stereocenters. The first-order chi connectivity index (χ1) is 16.0. The first kappa shape index (κ1) is 21.0. The van der Waals surface area contributed by atoms with Crippen LogP contribution in [0.2, 0.25) is 0 Å². The lowest BCUT2D eigenvalue weighted by Gasteiger charge is -2.20. The maximum atomic E-state index is 12.8. The minimum Gasteiger partial charge on any atom is -0.487 e. The second-order valence-corrected chi connectivity index (χ2v) is 8.70. The number of rotatable bonds is 5. The van der Waals surface area contributed by atoms with Gasteiger partial charge in [0.25, 0.3) is 5.91 Å². The summed E-state index contributed by atoms with van der Waals surface area (Å²) in [6, 6.07) is 19.4. The average molecular weight is 456 g/mol. The third kappa shape index (κ3) is 4.01. The molecule has 2 aromatic carbocycles. The molecule has 0 saturated carbocycles. The molecule has 1 aromatic heterocycles. The van der Waals surface area contributed by atoms with Crippen molar-refractivity contribution in [3.63, 3.8) is 0 Å². The molecule has 164 valence electrons. The van der Waals surface area contributed by atoms with Gasteiger partial charge in [0.2, 0.25) is 5.17 Å². The quantitative estimate of drug-likeness (QED) is 0.561. The first-order valence-electron chi connectivity index (χ1n) is 10.4. The predicted octanol–water partition coefficient (Wildman–Crippen LogP) is 4.79. The molecule has 0 bridgehead atoms. The third-order valence-corrected chi connectivity index (χ3v) is 6.24. The van der Waals surface area contributed by atoms with Gasteiger partial charge in [-0.15, -0.1) is 0 Å². The van der Waals surface area contributed by atoms with Gasteiger partial charge in [0, 0.05) is 11.9 Å². The van der Waals surface area contributed by atoms with Crippen LogP contribution in [0.4, 0.5) is 0 Å². The van der Waals surface area contributed by atoms with Gasteiger partial charge < -0.3 is 9.30 Å². The van der Waals surface area contributed by atoms with Crippen LogP contribution in [0.1, 0.15) is 16.8 Å². The number of hydrazone groups is 1. The van der Waals surface area contributed by atoms with Crippen molar-refractivity contribution in [3.05, 3.63) is 89.3 Å². The van der Waals surface area contributed by atoms with Gasteiger partial charge in [0.1, 0.15) is 17.4 Å². The number of aryl methyl sites for hydroxylation is 2. The predicted molar refractivity (Wildman–Crippen MR) is 132 cm³/mol. The number of carbonyl (C=O) groups excluding carboxylic acids is 1. The lowest BCUT2D eigenvalue weighted by atomic mass is 10.1. The maximum Gasteiger partial charge on any atom is 0.283 e. The Labute approximate surface area is 195 Å². The van der Waals surface area contributed by atoms with Crippen LogP contribution in [0.15, 0.2) is 82.5 Å². The summed E-state index contributed by atoms with van der Waals surface area (Å²) < 4.78 is 7.78. The van der Waals surface area contributed by atoms with E-state index in [9.17, 15) is 4.79 Å². The zero-order valence-electron chi connectivity index (χ0n) is 18.1. The summed E-state index contributed by atoms with van der Waals surface area (Å²) in [6.45, 7) is 4.35. The van der Waals surface area contributed by atoms with Crippen molar-refractivity contribution < 1.29 is 9.53 Å². The number of aromatic nitrogens is 1. The summed E-state index contributed by atoms with van der Waals surface area (Å²) in [5.74, 6) is 0.279. The minimum absolute atomic E-state index is 0.00136. The molecule has 3 aromatic rings. The monoisotopic (exact) mass is 455 g/mol. The molecule has 1 amide bonds. The van der Waals surface area contributed by atoms with E-state index in [1.807, 2.05) is 59.3 Å². The van der Waals surface area contributed by atoms with Crippen molar-refractivity contribution in [2.45, 2.75) is 13.8 Å². The molecule has 3 heterocycles. The van der Waals surface area contributed by atoms with Crippen molar-refractivity contribution >= 4 is 39.8 Å². The van der Waals surface area contributed by atoms with Gasteiger partial charge in [-0.05, 0) is 67.1 Å². The number of nitrogens with one attached hydrogen (secondary N) is 1. The number of aliphatic imine (C=N–C) groups is 1. The molecule has 0 atom stereocenters. The van der Waals surface area contributed by atoms with Gasteiger partial charge in [-0.2, -0.15) is 15.1 Å². The topological polar surface area (TPSA) is 83.0 Å². The summed E-state index contributed by atoms with van der Waals surface area (Å²) >= 11 is 1.24. The summed E-state index contributed by atoms with van der Waals surface area (Å²) in [4.78, 5) is 17.0. The first-order valence-corrected chi connectivity index (χ1v) is 11.2. The SMILES string of the molecule is Cc1cccc(C)c1-n1cccc1/C=C1\C(=N)N2N=C(COc3ccccc3)SC2=NC1=O. The molecule has 2 aliphatic heterocycles. The molecule has 0 fully saturated rings. The van der Waals surface area contributed by atoms with Crippen LogP contribution in [0, 0.1) is 19.3 Å². The Kier molecular flexibility index (Phi) is 5.43. The van der Waals surface area contributed by atoms with Crippen molar-refractivity contribution in [2.24, 2.45) is 10.1 Å². The number of fused-ring (bicyclic) bond motifs is 1. The standard InChI is InChI=1S/C25H21N5O2S/c1-16-8-6-9-17(2)22(16)29-13-7-10-18(29)14-20-23(26)30-25(27-24(20)31)33-21(28-30)15-32-19-11-4-3-5-12-19/h3-14,26H,15H2,1-2H3/b20-14+,26-23?. The number of thioether (sulfide) groups is 1. The van der Waals surface area contributed by atoms with Gasteiger partial charge in [0.15, 0.2) is 5.84 Å². The van der Waals surface area contributed by atoms with Crippen LogP contribution in [0.25, 0.3) is 11.8 Å². The molecule has 0 aliphatic carbocycles. The van der Waals surface area contributed by atoms with Gasteiger partial charge >= 0.3 is 0 Å². The van der Waals surface area contributed by atoms with Gasteiger partial charge in [-0.1, -0.05) is 36.4 Å². The molecular formula is C25H21N5O2S. The van der Waals surface area contributed by atoms with Gasteiger partial charge in [-0.25, -0.2) is 0 Å². The normalized spacial score (nSPS) is 16.7. The Morgan fingerprint density at radius 2 is 1.79 bits per heavy atom. The zero-order valence-corrected chi connectivity index (χ0v) is 19.0. The molecule has 33 heavy (non-hydrogen) atoms. The van der Waals surface area contributed by atoms with Gasteiger partial charge in [0.05, 0.1) is 11.3 Å². The maximum absolute atomic E-state index is 12.8. The molecule has 0 saturated heterocycles. The highest BCUT2D eigenvalue weighted by Gasteiger charge is 2.36. The Morgan fingerprint density at radius 3 is 2.55 bits per heavy atom. The molecule has 8 heteroatoms. The second-order valence-electron chi connectivity index (χ2n) is 7.66. The number of amides is 1. The van der Waals surface area contributed by atoms with Crippen molar-refractivity contribution in [3.8, 4) is 11.4 Å². The van der Waals surface area contributed by atoms with Crippen molar-refractivity contribution in [1.82, 2.24) is 9.58 Å². The van der Waals surface area contributed by atoms with E-state index in [1.165, 1.54) is 16.8 Å². The fourth-order valence-corrected chi connectivity index (χ4v) is 4.60. The lowest BCUT2D eigenvalue weighted by Crippen LogP contribution is -2.35. The Bertz CT molecular complexity index is 1330. The Hall–Kier alpha value is -3.91. The molecule has 5 rings (SSSR count). The third-order valence-electron chi connectivity index (χ3n) is 5.35. The number of hydrogen-bond donors (Lipinski definition) is 1. The average Bonchev–Trinajstić information content (AvgIpc) is 3.43. The van der Waals surface area contributed by atoms with Crippen LogP contribution >= 0.6 is 11.8 Å². The molecule has 0 spiro atoms. The fourth-order valence-electron chi connectivity index (χ4n) is 3.80. The number of nitrogens with zero attached hydrogens (tertiary/aromatic N) is 4. The number of carbonyl (C=O) groups is 1. The molecular weight excluding hydrogens is 434 g/mol. The highest BCUT2D eigenvalue weighted by molar-refractivity contribution is 8.27. The number of ether oxygens (including phenoxy) is 1. The Morgan fingerprint density at radius 1 is 1.03 bits per heavy atom. The van der Waals surface area contributed by atoms with Crippen molar-refractivity contribution in [2.75, 3.05) is 6.61 Å². The molecule has 7 nitrogen and oxygen atoms in total. The smallest absolute Gasteiger partial charge is 0.283 e. The van der Waals surface area contributed by atoms with E-state index in [2.05, 4.69) is 36.1 Å². The number of amidine groups is 2. The van der Waals surface area contributed by atoms with Crippen LogP contribution < -0.4 is 4.74 Å². The Balaban J connectivity index is 1.42. The van der Waals surface area contributed by atoms with Crippen LogP contribution in [0.3, 0.4) is 0 Å². The summed E-state index contributed by atoms with van der Waals surface area (Å²) in [6.07, 6.45) is 3.66. The van der Waals surface area contributed by atoms with Crippen LogP contribution in [-0.2, 0) is 4.79 Å². The number of benzene rings is 2. The summed E-state index contributed by atoms with van der Waals surface area (Å²) in [5, 5.41) is 15.5. The number of hydrogen-bond acceptors (Lipinski definition) is 5. The van der Waals surface area contributed by atoms with E-state index >= 15 is 0 Å². The lowest BCUT2D eigenvalue weighted by molar-refractivity contribution is -0.114. The molecule has 0 radical (unpaired) electrons. The van der Waals surface area contributed by atoms with E-state index in [1.54, 1.807) is 6.08 Å². The minimum atomic E-state index is -0.451. The highest BCUT2D eigenvalue weighted by Crippen LogP contribution is 2.29. The van der Waals surface area contributed by atoms with E-state index in [4.69, 9.17) is 10.1 Å². The van der Waals surface area contributed by atoms with Gasteiger partial charge in [-0.3, -0.25) is 10.2 Å². The second kappa shape index (κ2) is 8.55. The zero-order chi connectivity index (χ0) is 22.9. The van der Waals surface area contributed by atoms with E-state index in [0.717, 1.165) is 28.3 Å². The number of para-hydroxylation sites is 2. The van der Waals surface area contributed by atoms with Crippen molar-refractivity contribution in [1.29, 1.82) is 5.41 Å². The van der Waals surface area contributed by atoms with Crippen LogP contribution in [-0.4, -0.2) is 38.1 Å². The van der Waals surface area contributed by atoms with E-state index in [0.29, 0.717) is 10.2 Å². The van der Waals surface area contributed by atoms with Crippen LogP contribution in [0.5, 0.6) is 5.75 Å². The largest absolute Gasteiger partial charge is 0.487 e.